The molecule has 96 valence electrons. The first-order valence-corrected chi connectivity index (χ1v) is 6.16. The van der Waals surface area contributed by atoms with Crippen LogP contribution in [0.3, 0.4) is 0 Å². The predicted molar refractivity (Wildman–Crippen MR) is 74.6 cm³/mol. The van der Waals surface area contributed by atoms with Gasteiger partial charge in [0, 0.05) is 19.3 Å². The molecule has 1 aromatic carbocycles. The third-order valence-electron chi connectivity index (χ3n) is 3.18. The molecule has 1 heterocycles. The van der Waals surface area contributed by atoms with Gasteiger partial charge in [-0.05, 0) is 49.2 Å². The summed E-state index contributed by atoms with van der Waals surface area (Å²) in [6.07, 6.45) is 0. The highest BCUT2D eigenvalue weighted by Gasteiger charge is 2.06. The lowest BCUT2D eigenvalue weighted by molar-refractivity contribution is 0.482. The maximum atomic E-state index is 5.67. The summed E-state index contributed by atoms with van der Waals surface area (Å²) in [5.74, 6) is 1.93. The Kier molecular flexibility index (Phi) is 3.72. The van der Waals surface area contributed by atoms with Crippen LogP contribution in [-0.4, -0.2) is 7.05 Å². The Morgan fingerprint density at radius 1 is 1.17 bits per heavy atom. The van der Waals surface area contributed by atoms with Crippen LogP contribution in [-0.2, 0) is 13.1 Å². The van der Waals surface area contributed by atoms with Gasteiger partial charge in [-0.15, -0.1) is 0 Å². The van der Waals surface area contributed by atoms with E-state index >= 15 is 0 Å². The Morgan fingerprint density at radius 3 is 2.50 bits per heavy atom. The molecule has 0 unspecified atom stereocenters. The molecule has 0 radical (unpaired) electrons. The van der Waals surface area contributed by atoms with Crippen LogP contribution >= 0.6 is 0 Å². The Labute approximate surface area is 108 Å². The fraction of sp³-hybridized carbons (Fsp3) is 0.333. The maximum absolute atomic E-state index is 5.67. The number of nitrogens with two attached hydrogens (primary N) is 1. The van der Waals surface area contributed by atoms with Crippen molar-refractivity contribution in [2.24, 2.45) is 5.73 Å². The first-order valence-electron chi connectivity index (χ1n) is 6.16. The summed E-state index contributed by atoms with van der Waals surface area (Å²) in [4.78, 5) is 2.17. The molecular weight excluding hydrogens is 224 g/mol. The lowest BCUT2D eigenvalue weighted by Gasteiger charge is -2.19. The lowest BCUT2D eigenvalue weighted by Crippen LogP contribution is -2.16. The summed E-state index contributed by atoms with van der Waals surface area (Å²) in [6, 6.07) is 10.4. The van der Waals surface area contributed by atoms with E-state index in [1.807, 2.05) is 19.1 Å². The van der Waals surface area contributed by atoms with E-state index in [4.69, 9.17) is 10.2 Å². The van der Waals surface area contributed by atoms with E-state index in [2.05, 4.69) is 37.1 Å². The molecular formula is C15H20N2O. The quantitative estimate of drug-likeness (QED) is 0.899. The second-order valence-corrected chi connectivity index (χ2v) is 4.68. The molecule has 3 heteroatoms. The van der Waals surface area contributed by atoms with Crippen molar-refractivity contribution in [3.05, 3.63) is 53.0 Å². The van der Waals surface area contributed by atoms with Crippen LogP contribution in [0.25, 0.3) is 0 Å². The van der Waals surface area contributed by atoms with Crippen LogP contribution < -0.4 is 10.6 Å². The molecule has 2 rings (SSSR count). The van der Waals surface area contributed by atoms with E-state index in [1.165, 1.54) is 16.8 Å². The number of hydrogen-bond donors (Lipinski definition) is 1. The fourth-order valence-corrected chi connectivity index (χ4v) is 2.04. The van der Waals surface area contributed by atoms with Crippen molar-refractivity contribution in [1.29, 1.82) is 0 Å². The van der Waals surface area contributed by atoms with Gasteiger partial charge in [-0.1, -0.05) is 6.07 Å². The van der Waals surface area contributed by atoms with Gasteiger partial charge in [0.25, 0.3) is 0 Å². The predicted octanol–water partition coefficient (Wildman–Crippen LogP) is 2.99. The zero-order valence-electron chi connectivity index (χ0n) is 11.2. The standard InChI is InChI=1S/C15H20N2O/c1-11-8-14(6-5-13(11)9-16)17(3)10-15-7-4-12(2)18-15/h4-8H,9-10,16H2,1-3H3. The minimum absolute atomic E-state index is 0.590. The van der Waals surface area contributed by atoms with Crippen LogP contribution in [0.4, 0.5) is 5.69 Å². The topological polar surface area (TPSA) is 42.4 Å². The van der Waals surface area contributed by atoms with E-state index in [0.29, 0.717) is 6.54 Å². The van der Waals surface area contributed by atoms with Crippen LogP contribution in [0, 0.1) is 13.8 Å². The molecule has 0 amide bonds. The molecule has 3 nitrogen and oxygen atoms in total. The van der Waals surface area contributed by atoms with E-state index in [1.54, 1.807) is 0 Å². The first-order chi connectivity index (χ1) is 8.60. The largest absolute Gasteiger partial charge is 0.464 e. The number of benzene rings is 1. The second-order valence-electron chi connectivity index (χ2n) is 4.68. The average molecular weight is 244 g/mol. The number of rotatable bonds is 4. The fourth-order valence-electron chi connectivity index (χ4n) is 2.04. The van der Waals surface area contributed by atoms with Crippen molar-refractivity contribution in [3.63, 3.8) is 0 Å². The van der Waals surface area contributed by atoms with Gasteiger partial charge in [-0.2, -0.15) is 0 Å². The number of nitrogens with zero attached hydrogens (tertiary/aromatic N) is 1. The lowest BCUT2D eigenvalue weighted by atomic mass is 10.1. The van der Waals surface area contributed by atoms with Crippen molar-refractivity contribution >= 4 is 5.69 Å². The van der Waals surface area contributed by atoms with Crippen molar-refractivity contribution in [1.82, 2.24) is 0 Å². The molecule has 0 aliphatic heterocycles. The molecule has 2 N–H and O–H groups in total. The number of hydrogen-bond acceptors (Lipinski definition) is 3. The highest BCUT2D eigenvalue weighted by Crippen LogP contribution is 2.20. The molecule has 0 atom stereocenters. The summed E-state index contributed by atoms with van der Waals surface area (Å²) in [6.45, 7) is 5.42. The van der Waals surface area contributed by atoms with Crippen molar-refractivity contribution in [2.45, 2.75) is 26.9 Å². The molecule has 1 aromatic heterocycles. The first kappa shape index (κ1) is 12.7. The van der Waals surface area contributed by atoms with E-state index in [-0.39, 0.29) is 0 Å². The SMILES string of the molecule is Cc1ccc(CN(C)c2ccc(CN)c(C)c2)o1. The Bertz CT molecular complexity index is 531. The minimum Gasteiger partial charge on any atom is -0.464 e. The Balaban J connectivity index is 2.13. The monoisotopic (exact) mass is 244 g/mol. The summed E-state index contributed by atoms with van der Waals surface area (Å²) in [5, 5.41) is 0. The van der Waals surface area contributed by atoms with Crippen molar-refractivity contribution in [3.8, 4) is 0 Å². The second kappa shape index (κ2) is 5.27. The van der Waals surface area contributed by atoms with Gasteiger partial charge in [0.1, 0.15) is 11.5 Å². The summed E-state index contributed by atoms with van der Waals surface area (Å²) in [7, 11) is 2.06. The highest BCUT2D eigenvalue weighted by atomic mass is 16.3. The zero-order chi connectivity index (χ0) is 13.1. The smallest absolute Gasteiger partial charge is 0.123 e. The minimum atomic E-state index is 0.590. The van der Waals surface area contributed by atoms with Crippen LogP contribution in [0.5, 0.6) is 0 Å². The van der Waals surface area contributed by atoms with Gasteiger partial charge in [0.05, 0.1) is 6.54 Å². The Morgan fingerprint density at radius 2 is 1.94 bits per heavy atom. The molecule has 18 heavy (non-hydrogen) atoms. The van der Waals surface area contributed by atoms with E-state index in [0.717, 1.165) is 18.1 Å². The molecule has 0 bridgehead atoms. The molecule has 2 aromatic rings. The average Bonchev–Trinajstić information content (AvgIpc) is 2.74. The van der Waals surface area contributed by atoms with Gasteiger partial charge in [0.15, 0.2) is 0 Å². The van der Waals surface area contributed by atoms with Gasteiger partial charge in [-0.25, -0.2) is 0 Å². The molecule has 0 fully saturated rings. The number of aryl methyl sites for hydroxylation is 2. The third-order valence-corrected chi connectivity index (χ3v) is 3.18. The van der Waals surface area contributed by atoms with Crippen molar-refractivity contribution in [2.75, 3.05) is 11.9 Å². The maximum Gasteiger partial charge on any atom is 0.123 e. The third kappa shape index (κ3) is 2.74. The molecule has 0 aliphatic carbocycles. The van der Waals surface area contributed by atoms with Gasteiger partial charge >= 0.3 is 0 Å². The number of furan rings is 1. The molecule has 0 aliphatic rings. The highest BCUT2D eigenvalue weighted by molar-refractivity contribution is 5.50. The summed E-state index contributed by atoms with van der Waals surface area (Å²) >= 11 is 0. The zero-order valence-corrected chi connectivity index (χ0v) is 11.2. The normalized spacial score (nSPS) is 10.7. The van der Waals surface area contributed by atoms with E-state index < -0.39 is 0 Å². The molecule has 0 saturated heterocycles. The van der Waals surface area contributed by atoms with Crippen LogP contribution in [0.2, 0.25) is 0 Å². The molecule has 0 spiro atoms. The van der Waals surface area contributed by atoms with Crippen molar-refractivity contribution < 1.29 is 4.42 Å². The van der Waals surface area contributed by atoms with Gasteiger partial charge < -0.3 is 15.1 Å². The molecule has 0 saturated carbocycles. The van der Waals surface area contributed by atoms with E-state index in [9.17, 15) is 0 Å². The van der Waals surface area contributed by atoms with Gasteiger partial charge in [0.2, 0.25) is 0 Å². The van der Waals surface area contributed by atoms with Crippen LogP contribution in [0.15, 0.2) is 34.7 Å². The van der Waals surface area contributed by atoms with Crippen LogP contribution in [0.1, 0.15) is 22.6 Å². The summed E-state index contributed by atoms with van der Waals surface area (Å²) in [5.41, 5.74) is 9.28. The van der Waals surface area contributed by atoms with Gasteiger partial charge in [-0.3, -0.25) is 0 Å². The summed E-state index contributed by atoms with van der Waals surface area (Å²) < 4.78 is 5.59. The number of anilines is 1. The Hall–Kier alpha value is -1.74.